The Balaban J connectivity index is 4.30. The number of methoxy groups -OCH3 is 1. The van der Waals surface area contributed by atoms with E-state index in [-0.39, 0.29) is 12.5 Å². The molecule has 0 rings (SSSR count). The standard InChI is InChI=1S/C8H17N3O3/c1-6(7(12)14-4)5-11(8(9)13)10(2)3/h6H,5H2,1-4H3,(H2,9,13). The van der Waals surface area contributed by atoms with Gasteiger partial charge in [-0.25, -0.2) is 9.80 Å². The zero-order valence-electron chi connectivity index (χ0n) is 8.98. The predicted molar refractivity (Wildman–Crippen MR) is 51.2 cm³/mol. The van der Waals surface area contributed by atoms with Crippen molar-refractivity contribution in [1.29, 1.82) is 0 Å². The summed E-state index contributed by atoms with van der Waals surface area (Å²) < 4.78 is 4.54. The second-order valence-electron chi connectivity index (χ2n) is 3.19. The first-order valence-corrected chi connectivity index (χ1v) is 4.22. The molecule has 6 nitrogen and oxygen atoms in total. The first-order valence-electron chi connectivity index (χ1n) is 4.22. The van der Waals surface area contributed by atoms with Crippen LogP contribution in [-0.2, 0) is 9.53 Å². The number of primary amides is 1. The molecule has 82 valence electrons. The van der Waals surface area contributed by atoms with Crippen LogP contribution in [0.25, 0.3) is 0 Å². The van der Waals surface area contributed by atoms with Crippen molar-refractivity contribution in [2.45, 2.75) is 6.92 Å². The molecule has 0 aliphatic rings. The monoisotopic (exact) mass is 203 g/mol. The van der Waals surface area contributed by atoms with E-state index >= 15 is 0 Å². The minimum absolute atomic E-state index is 0.217. The van der Waals surface area contributed by atoms with Gasteiger partial charge in [0.25, 0.3) is 0 Å². The van der Waals surface area contributed by atoms with E-state index < -0.39 is 11.9 Å². The molecule has 0 bridgehead atoms. The fourth-order valence-electron chi connectivity index (χ4n) is 0.986. The molecular weight excluding hydrogens is 186 g/mol. The van der Waals surface area contributed by atoms with E-state index in [0.29, 0.717) is 0 Å². The summed E-state index contributed by atoms with van der Waals surface area (Å²) in [7, 11) is 4.66. The summed E-state index contributed by atoms with van der Waals surface area (Å²) in [5.74, 6) is -0.756. The summed E-state index contributed by atoms with van der Waals surface area (Å²) in [5.41, 5.74) is 5.12. The number of urea groups is 1. The number of ether oxygens (including phenoxy) is 1. The minimum atomic E-state index is -0.592. The van der Waals surface area contributed by atoms with E-state index in [1.807, 2.05) is 0 Å². The van der Waals surface area contributed by atoms with E-state index in [1.54, 1.807) is 21.0 Å². The van der Waals surface area contributed by atoms with Gasteiger partial charge >= 0.3 is 12.0 Å². The average Bonchev–Trinajstić information content (AvgIpc) is 2.11. The molecule has 6 heteroatoms. The highest BCUT2D eigenvalue weighted by Crippen LogP contribution is 2.03. The molecule has 14 heavy (non-hydrogen) atoms. The van der Waals surface area contributed by atoms with Crippen molar-refractivity contribution in [3.8, 4) is 0 Å². The lowest BCUT2D eigenvalue weighted by Crippen LogP contribution is -2.48. The number of nitrogens with zero attached hydrogens (tertiary/aromatic N) is 2. The summed E-state index contributed by atoms with van der Waals surface area (Å²) in [5, 5.41) is 2.80. The molecular formula is C8H17N3O3. The van der Waals surface area contributed by atoms with E-state index in [4.69, 9.17) is 5.73 Å². The van der Waals surface area contributed by atoms with Crippen molar-refractivity contribution in [1.82, 2.24) is 10.0 Å². The Morgan fingerprint density at radius 3 is 2.21 bits per heavy atom. The fourth-order valence-corrected chi connectivity index (χ4v) is 0.986. The molecule has 0 aromatic carbocycles. The molecule has 1 unspecified atom stereocenters. The molecule has 1 atom stereocenters. The number of esters is 1. The van der Waals surface area contributed by atoms with Crippen LogP contribution in [0.15, 0.2) is 0 Å². The van der Waals surface area contributed by atoms with Crippen molar-refractivity contribution in [2.24, 2.45) is 11.7 Å². The van der Waals surface area contributed by atoms with Gasteiger partial charge in [-0.3, -0.25) is 9.80 Å². The van der Waals surface area contributed by atoms with E-state index in [9.17, 15) is 9.59 Å². The van der Waals surface area contributed by atoms with Gasteiger partial charge < -0.3 is 10.5 Å². The van der Waals surface area contributed by atoms with Crippen molar-refractivity contribution in [3.63, 3.8) is 0 Å². The van der Waals surface area contributed by atoms with Gasteiger partial charge in [-0.1, -0.05) is 6.92 Å². The van der Waals surface area contributed by atoms with Gasteiger partial charge in [0.1, 0.15) is 0 Å². The van der Waals surface area contributed by atoms with E-state index in [0.717, 1.165) is 0 Å². The lowest BCUT2D eigenvalue weighted by molar-refractivity contribution is -0.146. The Hall–Kier alpha value is -1.30. The molecule has 2 amide bonds. The summed E-state index contributed by atoms with van der Waals surface area (Å²) in [6, 6.07) is -0.592. The average molecular weight is 203 g/mol. The topological polar surface area (TPSA) is 75.9 Å². The molecule has 0 aromatic rings. The highest BCUT2D eigenvalue weighted by molar-refractivity contribution is 5.75. The Morgan fingerprint density at radius 2 is 1.93 bits per heavy atom. The summed E-state index contributed by atoms with van der Waals surface area (Å²) in [6.07, 6.45) is 0. The van der Waals surface area contributed by atoms with Crippen LogP contribution in [0.5, 0.6) is 0 Å². The van der Waals surface area contributed by atoms with Crippen LogP contribution >= 0.6 is 0 Å². The Kier molecular flexibility index (Phi) is 4.93. The molecule has 0 aliphatic carbocycles. The first-order chi connectivity index (χ1) is 6.40. The zero-order chi connectivity index (χ0) is 11.3. The zero-order valence-corrected chi connectivity index (χ0v) is 8.98. The fraction of sp³-hybridized carbons (Fsp3) is 0.750. The third-order valence-electron chi connectivity index (χ3n) is 1.79. The van der Waals surface area contributed by atoms with Crippen LogP contribution in [-0.4, -0.2) is 49.8 Å². The van der Waals surface area contributed by atoms with Gasteiger partial charge in [-0.2, -0.15) is 0 Å². The maximum absolute atomic E-state index is 11.1. The maximum Gasteiger partial charge on any atom is 0.329 e. The summed E-state index contributed by atoms with van der Waals surface area (Å²) in [6.45, 7) is 1.89. The third kappa shape index (κ3) is 3.61. The predicted octanol–water partition coefficient (Wildman–Crippen LogP) is -0.347. The molecule has 0 aliphatic heterocycles. The molecule has 0 aromatic heterocycles. The lowest BCUT2D eigenvalue weighted by Gasteiger charge is -2.28. The van der Waals surface area contributed by atoms with Gasteiger partial charge in [0.2, 0.25) is 0 Å². The number of rotatable bonds is 4. The van der Waals surface area contributed by atoms with Gasteiger partial charge in [-0.15, -0.1) is 0 Å². The van der Waals surface area contributed by atoms with Crippen LogP contribution in [0.1, 0.15) is 6.92 Å². The molecule has 0 heterocycles. The maximum atomic E-state index is 11.1. The smallest absolute Gasteiger partial charge is 0.329 e. The minimum Gasteiger partial charge on any atom is -0.469 e. The number of hydrogen-bond donors (Lipinski definition) is 1. The third-order valence-corrected chi connectivity index (χ3v) is 1.79. The Labute approximate surface area is 83.6 Å². The first kappa shape index (κ1) is 12.7. The summed E-state index contributed by atoms with van der Waals surface area (Å²) in [4.78, 5) is 22.0. The van der Waals surface area contributed by atoms with Crippen LogP contribution in [0.2, 0.25) is 0 Å². The number of nitrogens with two attached hydrogens (primary N) is 1. The number of carbonyl (C=O) groups is 2. The van der Waals surface area contributed by atoms with Gasteiger partial charge in [0, 0.05) is 14.1 Å². The van der Waals surface area contributed by atoms with Crippen molar-refractivity contribution in [2.75, 3.05) is 27.7 Å². The van der Waals surface area contributed by atoms with Crippen LogP contribution in [0.4, 0.5) is 4.79 Å². The molecule has 0 saturated carbocycles. The molecule has 0 fully saturated rings. The molecule has 0 radical (unpaired) electrons. The number of amides is 2. The second-order valence-corrected chi connectivity index (χ2v) is 3.19. The molecule has 0 spiro atoms. The van der Waals surface area contributed by atoms with Gasteiger partial charge in [-0.05, 0) is 0 Å². The number of hydrazine groups is 1. The second kappa shape index (κ2) is 5.43. The van der Waals surface area contributed by atoms with Crippen molar-refractivity contribution < 1.29 is 14.3 Å². The SMILES string of the molecule is COC(=O)C(C)CN(C(N)=O)N(C)C. The van der Waals surface area contributed by atoms with Crippen molar-refractivity contribution in [3.05, 3.63) is 0 Å². The lowest BCUT2D eigenvalue weighted by atomic mass is 10.2. The number of hydrogen-bond acceptors (Lipinski definition) is 4. The Morgan fingerprint density at radius 1 is 1.43 bits per heavy atom. The van der Waals surface area contributed by atoms with Crippen LogP contribution < -0.4 is 5.73 Å². The van der Waals surface area contributed by atoms with Crippen LogP contribution in [0.3, 0.4) is 0 Å². The van der Waals surface area contributed by atoms with E-state index in [2.05, 4.69) is 4.74 Å². The van der Waals surface area contributed by atoms with E-state index in [1.165, 1.54) is 17.1 Å². The largest absolute Gasteiger partial charge is 0.469 e. The molecule has 0 saturated heterocycles. The number of carbonyl (C=O) groups excluding carboxylic acids is 2. The van der Waals surface area contributed by atoms with Crippen molar-refractivity contribution >= 4 is 12.0 Å². The Bertz CT molecular complexity index is 218. The normalized spacial score (nSPS) is 12.4. The summed E-state index contributed by atoms with van der Waals surface area (Å²) >= 11 is 0. The van der Waals surface area contributed by atoms with Gasteiger partial charge in [0.15, 0.2) is 0 Å². The highest BCUT2D eigenvalue weighted by atomic mass is 16.5. The quantitative estimate of drug-likeness (QED) is 0.500. The highest BCUT2D eigenvalue weighted by Gasteiger charge is 2.21. The van der Waals surface area contributed by atoms with Gasteiger partial charge in [0.05, 0.1) is 19.6 Å². The van der Waals surface area contributed by atoms with Crippen LogP contribution in [0, 0.1) is 5.92 Å². The molecule has 2 N–H and O–H groups in total.